The summed E-state index contributed by atoms with van der Waals surface area (Å²) >= 11 is 11.8. The number of hydrogen-bond acceptors (Lipinski definition) is 1. The summed E-state index contributed by atoms with van der Waals surface area (Å²) in [6, 6.07) is 11.0. The van der Waals surface area contributed by atoms with Gasteiger partial charge in [-0.25, -0.2) is 0 Å². The van der Waals surface area contributed by atoms with Gasteiger partial charge in [-0.2, -0.15) is 0 Å². The van der Waals surface area contributed by atoms with Crippen LogP contribution in [0, 0.1) is 13.8 Å². The van der Waals surface area contributed by atoms with Crippen molar-refractivity contribution in [3.05, 3.63) is 68.7 Å². The molecule has 1 atom stereocenters. The van der Waals surface area contributed by atoms with E-state index >= 15 is 0 Å². The predicted octanol–water partition coefficient (Wildman–Crippen LogP) is 5.10. The summed E-state index contributed by atoms with van der Waals surface area (Å²) in [6.07, 6.45) is 0. The summed E-state index contributed by atoms with van der Waals surface area (Å²) in [4.78, 5) is 12.3. The van der Waals surface area contributed by atoms with Crippen molar-refractivity contribution in [2.45, 2.75) is 26.8 Å². The van der Waals surface area contributed by atoms with Crippen LogP contribution in [0.15, 0.2) is 36.4 Å². The van der Waals surface area contributed by atoms with Gasteiger partial charge in [-0.1, -0.05) is 47.0 Å². The molecule has 21 heavy (non-hydrogen) atoms. The summed E-state index contributed by atoms with van der Waals surface area (Å²) in [6.45, 7) is 6.06. The number of carbonyl (C=O) groups excluding carboxylic acids is 1. The number of halogens is 2. The van der Waals surface area contributed by atoms with Crippen molar-refractivity contribution in [2.24, 2.45) is 0 Å². The first-order valence-electron chi connectivity index (χ1n) is 6.71. The van der Waals surface area contributed by atoms with Crippen molar-refractivity contribution in [3.8, 4) is 0 Å². The average molecular weight is 322 g/mol. The molecule has 0 radical (unpaired) electrons. The van der Waals surface area contributed by atoms with Gasteiger partial charge < -0.3 is 5.32 Å². The van der Waals surface area contributed by atoms with Gasteiger partial charge in [0.2, 0.25) is 0 Å². The third kappa shape index (κ3) is 3.78. The first kappa shape index (κ1) is 15.9. The lowest BCUT2D eigenvalue weighted by atomic mass is 10.00. The highest BCUT2D eigenvalue weighted by Gasteiger charge is 2.14. The van der Waals surface area contributed by atoms with Gasteiger partial charge in [0.1, 0.15) is 0 Å². The fraction of sp³-hybridized carbons (Fsp3) is 0.235. The molecule has 1 unspecified atom stereocenters. The minimum atomic E-state index is -0.166. The van der Waals surface area contributed by atoms with Gasteiger partial charge in [0, 0.05) is 5.56 Å². The Bertz CT molecular complexity index is 682. The zero-order valence-corrected chi connectivity index (χ0v) is 13.7. The van der Waals surface area contributed by atoms with E-state index in [9.17, 15) is 4.79 Å². The standard InChI is InChI=1S/C17H17Cl2NO/c1-10-4-6-14(11(2)8-10)12(3)20-17(21)13-5-7-15(18)16(19)9-13/h4-9,12H,1-3H3,(H,20,21). The van der Waals surface area contributed by atoms with Crippen molar-refractivity contribution in [2.75, 3.05) is 0 Å². The van der Waals surface area contributed by atoms with Crippen LogP contribution in [0.5, 0.6) is 0 Å². The zero-order chi connectivity index (χ0) is 15.6. The van der Waals surface area contributed by atoms with Crippen molar-refractivity contribution in [1.82, 2.24) is 5.32 Å². The number of rotatable bonds is 3. The number of carbonyl (C=O) groups is 1. The van der Waals surface area contributed by atoms with Crippen LogP contribution >= 0.6 is 23.2 Å². The van der Waals surface area contributed by atoms with Gasteiger partial charge in [0.05, 0.1) is 16.1 Å². The molecule has 0 bridgehead atoms. The molecule has 4 heteroatoms. The number of benzene rings is 2. The second-order valence-electron chi connectivity index (χ2n) is 5.18. The minimum absolute atomic E-state index is 0.0763. The van der Waals surface area contributed by atoms with E-state index in [0.29, 0.717) is 15.6 Å². The van der Waals surface area contributed by atoms with Crippen LogP contribution < -0.4 is 5.32 Å². The summed E-state index contributed by atoms with van der Waals surface area (Å²) in [5.41, 5.74) is 3.98. The molecule has 2 aromatic rings. The highest BCUT2D eigenvalue weighted by molar-refractivity contribution is 6.42. The molecule has 0 saturated carbocycles. The average Bonchev–Trinajstić information content (AvgIpc) is 2.41. The number of nitrogens with one attached hydrogen (secondary N) is 1. The minimum Gasteiger partial charge on any atom is -0.346 e. The van der Waals surface area contributed by atoms with Gasteiger partial charge in [0.15, 0.2) is 0 Å². The fourth-order valence-electron chi connectivity index (χ4n) is 2.31. The molecule has 2 rings (SSSR count). The molecule has 0 aromatic heterocycles. The lowest BCUT2D eigenvalue weighted by Crippen LogP contribution is -2.27. The first-order chi connectivity index (χ1) is 9.88. The van der Waals surface area contributed by atoms with Gasteiger partial charge in [-0.15, -0.1) is 0 Å². The lowest BCUT2D eigenvalue weighted by Gasteiger charge is -2.17. The fourth-order valence-corrected chi connectivity index (χ4v) is 2.60. The summed E-state index contributed by atoms with van der Waals surface area (Å²) in [7, 11) is 0. The van der Waals surface area contributed by atoms with Crippen LogP contribution in [0.2, 0.25) is 10.0 Å². The normalized spacial score (nSPS) is 12.0. The molecule has 0 aliphatic carbocycles. The Kier molecular flexibility index (Phi) is 4.92. The second-order valence-corrected chi connectivity index (χ2v) is 6.00. The Labute approximate surface area is 135 Å². The van der Waals surface area contributed by atoms with Crippen LogP contribution in [-0.4, -0.2) is 5.91 Å². The molecule has 0 spiro atoms. The third-order valence-electron chi connectivity index (χ3n) is 3.42. The smallest absolute Gasteiger partial charge is 0.251 e. The Balaban J connectivity index is 2.16. The quantitative estimate of drug-likeness (QED) is 0.837. The summed E-state index contributed by atoms with van der Waals surface area (Å²) in [5, 5.41) is 3.80. The predicted molar refractivity (Wildman–Crippen MR) is 88.3 cm³/mol. The van der Waals surface area contributed by atoms with Crippen molar-refractivity contribution < 1.29 is 4.79 Å². The molecule has 110 valence electrons. The van der Waals surface area contributed by atoms with E-state index in [1.807, 2.05) is 26.0 Å². The lowest BCUT2D eigenvalue weighted by molar-refractivity contribution is 0.0940. The Morgan fingerprint density at radius 3 is 2.38 bits per heavy atom. The molecule has 2 nitrogen and oxygen atoms in total. The molecule has 2 aromatic carbocycles. The monoisotopic (exact) mass is 321 g/mol. The van der Waals surface area contributed by atoms with Crippen LogP contribution in [0.25, 0.3) is 0 Å². The van der Waals surface area contributed by atoms with E-state index in [1.54, 1.807) is 18.2 Å². The molecule has 0 aliphatic rings. The largest absolute Gasteiger partial charge is 0.346 e. The van der Waals surface area contributed by atoms with Crippen LogP contribution in [0.1, 0.15) is 40.0 Å². The van der Waals surface area contributed by atoms with E-state index in [0.717, 1.165) is 11.1 Å². The van der Waals surface area contributed by atoms with Crippen molar-refractivity contribution in [1.29, 1.82) is 0 Å². The van der Waals surface area contributed by atoms with E-state index in [-0.39, 0.29) is 11.9 Å². The van der Waals surface area contributed by atoms with E-state index < -0.39 is 0 Å². The highest BCUT2D eigenvalue weighted by atomic mass is 35.5. The number of amides is 1. The third-order valence-corrected chi connectivity index (χ3v) is 4.16. The van der Waals surface area contributed by atoms with Crippen molar-refractivity contribution in [3.63, 3.8) is 0 Å². The molecular formula is C17H17Cl2NO. The summed E-state index contributed by atoms with van der Waals surface area (Å²) < 4.78 is 0. The maximum absolute atomic E-state index is 12.3. The zero-order valence-electron chi connectivity index (χ0n) is 12.2. The topological polar surface area (TPSA) is 29.1 Å². The van der Waals surface area contributed by atoms with Gasteiger partial charge in [-0.3, -0.25) is 4.79 Å². The Morgan fingerprint density at radius 2 is 1.76 bits per heavy atom. The SMILES string of the molecule is Cc1ccc(C(C)NC(=O)c2ccc(Cl)c(Cl)c2)c(C)c1. The Morgan fingerprint density at radius 1 is 1.05 bits per heavy atom. The maximum Gasteiger partial charge on any atom is 0.251 e. The number of aryl methyl sites for hydroxylation is 2. The molecule has 0 aliphatic heterocycles. The van der Waals surface area contributed by atoms with Crippen molar-refractivity contribution >= 4 is 29.1 Å². The van der Waals surface area contributed by atoms with E-state index in [1.165, 1.54) is 5.56 Å². The second kappa shape index (κ2) is 6.50. The van der Waals surface area contributed by atoms with Crippen LogP contribution in [-0.2, 0) is 0 Å². The van der Waals surface area contributed by atoms with Gasteiger partial charge in [-0.05, 0) is 50.1 Å². The molecule has 0 fully saturated rings. The van der Waals surface area contributed by atoms with Gasteiger partial charge >= 0.3 is 0 Å². The van der Waals surface area contributed by atoms with Gasteiger partial charge in [0.25, 0.3) is 5.91 Å². The molecule has 1 N–H and O–H groups in total. The molecule has 0 saturated heterocycles. The maximum atomic E-state index is 12.3. The summed E-state index contributed by atoms with van der Waals surface area (Å²) in [5.74, 6) is -0.166. The highest BCUT2D eigenvalue weighted by Crippen LogP contribution is 2.23. The van der Waals surface area contributed by atoms with E-state index in [2.05, 4.69) is 18.3 Å². The molecular weight excluding hydrogens is 305 g/mol. The van der Waals surface area contributed by atoms with E-state index in [4.69, 9.17) is 23.2 Å². The van der Waals surface area contributed by atoms with Crippen LogP contribution in [0.4, 0.5) is 0 Å². The Hall–Kier alpha value is -1.51. The molecule has 1 amide bonds. The number of hydrogen-bond donors (Lipinski definition) is 1. The molecule has 0 heterocycles. The first-order valence-corrected chi connectivity index (χ1v) is 7.47. The van der Waals surface area contributed by atoms with Crippen LogP contribution in [0.3, 0.4) is 0 Å².